The molecule has 1 fully saturated rings. The van der Waals surface area contributed by atoms with E-state index in [2.05, 4.69) is 6.07 Å². The monoisotopic (exact) mass is 353 g/mol. The Bertz CT molecular complexity index is 802. The summed E-state index contributed by atoms with van der Waals surface area (Å²) in [6, 6.07) is 15.2. The molecule has 3 rings (SSSR count). The molecule has 0 aromatic heterocycles. The summed E-state index contributed by atoms with van der Waals surface area (Å²) in [6.45, 7) is 3.33. The number of hydrogen-bond donors (Lipinski definition) is 1. The van der Waals surface area contributed by atoms with E-state index in [0.29, 0.717) is 37.3 Å². The Labute approximate surface area is 153 Å². The van der Waals surface area contributed by atoms with Crippen LogP contribution in [-0.2, 0) is 11.4 Å². The molecular weight excluding hydrogens is 330 g/mol. The number of carbonyl (C=O) groups is 2. The van der Waals surface area contributed by atoms with Gasteiger partial charge in [0.1, 0.15) is 12.4 Å². The molecule has 1 heterocycles. The van der Waals surface area contributed by atoms with Crippen LogP contribution in [-0.4, -0.2) is 35.0 Å². The average Bonchev–Trinajstić information content (AvgIpc) is 2.66. The maximum absolute atomic E-state index is 12.7. The molecule has 0 unspecified atom stereocenters. The molecule has 1 amide bonds. The van der Waals surface area contributed by atoms with Crippen LogP contribution in [0.1, 0.15) is 34.3 Å². The molecule has 5 heteroatoms. The molecule has 1 N–H and O–H groups in total. The van der Waals surface area contributed by atoms with E-state index in [-0.39, 0.29) is 12.5 Å². The lowest BCUT2D eigenvalue weighted by Gasteiger charge is -2.30. The van der Waals surface area contributed by atoms with Crippen molar-refractivity contribution in [2.45, 2.75) is 26.4 Å². The fourth-order valence-corrected chi connectivity index (χ4v) is 3.23. The van der Waals surface area contributed by atoms with Crippen molar-refractivity contribution in [3.8, 4) is 5.75 Å². The van der Waals surface area contributed by atoms with Crippen molar-refractivity contribution in [3.63, 3.8) is 0 Å². The van der Waals surface area contributed by atoms with Gasteiger partial charge in [0.15, 0.2) is 0 Å². The van der Waals surface area contributed by atoms with Crippen LogP contribution in [0.3, 0.4) is 0 Å². The normalized spacial score (nSPS) is 17.0. The zero-order valence-electron chi connectivity index (χ0n) is 14.9. The van der Waals surface area contributed by atoms with Crippen LogP contribution in [0.2, 0.25) is 0 Å². The lowest BCUT2D eigenvalue weighted by molar-refractivity contribution is -0.143. The Morgan fingerprint density at radius 1 is 1.19 bits per heavy atom. The van der Waals surface area contributed by atoms with Gasteiger partial charge in [0.25, 0.3) is 5.91 Å². The second kappa shape index (κ2) is 8.04. The predicted molar refractivity (Wildman–Crippen MR) is 98.2 cm³/mol. The van der Waals surface area contributed by atoms with Crippen molar-refractivity contribution in [2.75, 3.05) is 13.1 Å². The minimum atomic E-state index is -0.835. The molecule has 1 atom stereocenters. The first-order valence-electron chi connectivity index (χ1n) is 8.83. The molecule has 0 radical (unpaired) electrons. The number of amides is 1. The lowest BCUT2D eigenvalue weighted by atomic mass is 9.97. The van der Waals surface area contributed by atoms with E-state index in [4.69, 9.17) is 4.74 Å². The molecule has 2 aromatic rings. The Morgan fingerprint density at radius 2 is 2.00 bits per heavy atom. The Morgan fingerprint density at radius 3 is 2.77 bits per heavy atom. The van der Waals surface area contributed by atoms with Crippen molar-refractivity contribution in [1.82, 2.24) is 4.90 Å². The number of carboxylic acid groups (broad SMARTS) is 1. The van der Waals surface area contributed by atoms with Gasteiger partial charge in [-0.05, 0) is 43.5 Å². The number of hydrogen-bond acceptors (Lipinski definition) is 3. The lowest BCUT2D eigenvalue weighted by Crippen LogP contribution is -2.42. The highest BCUT2D eigenvalue weighted by Crippen LogP contribution is 2.21. The Balaban J connectivity index is 1.66. The summed E-state index contributed by atoms with van der Waals surface area (Å²) in [5, 5.41) is 9.19. The molecule has 0 aliphatic carbocycles. The van der Waals surface area contributed by atoms with Gasteiger partial charge in [-0.1, -0.05) is 35.9 Å². The molecular formula is C21H23NO4. The third-order valence-electron chi connectivity index (χ3n) is 4.63. The highest BCUT2D eigenvalue weighted by atomic mass is 16.5. The van der Waals surface area contributed by atoms with Crippen molar-refractivity contribution in [2.24, 2.45) is 5.92 Å². The van der Waals surface area contributed by atoms with E-state index in [9.17, 15) is 14.7 Å². The zero-order valence-corrected chi connectivity index (χ0v) is 14.9. The molecule has 26 heavy (non-hydrogen) atoms. The third-order valence-corrected chi connectivity index (χ3v) is 4.63. The van der Waals surface area contributed by atoms with Gasteiger partial charge in [-0.2, -0.15) is 0 Å². The zero-order chi connectivity index (χ0) is 18.5. The van der Waals surface area contributed by atoms with E-state index in [1.807, 2.05) is 31.2 Å². The van der Waals surface area contributed by atoms with Crippen molar-refractivity contribution < 1.29 is 19.4 Å². The van der Waals surface area contributed by atoms with Crippen molar-refractivity contribution >= 4 is 11.9 Å². The number of benzene rings is 2. The minimum absolute atomic E-state index is 0.142. The number of aliphatic carboxylic acids is 1. The first-order valence-corrected chi connectivity index (χ1v) is 8.83. The summed E-state index contributed by atoms with van der Waals surface area (Å²) in [4.78, 5) is 25.5. The quantitative estimate of drug-likeness (QED) is 0.893. The molecule has 1 aliphatic rings. The van der Waals surface area contributed by atoms with Gasteiger partial charge in [-0.3, -0.25) is 9.59 Å². The van der Waals surface area contributed by atoms with Gasteiger partial charge in [0.05, 0.1) is 5.92 Å². The molecule has 1 saturated heterocycles. The largest absolute Gasteiger partial charge is 0.489 e. The number of likely N-dealkylation sites (tertiary alicyclic amines) is 1. The van der Waals surface area contributed by atoms with Crippen LogP contribution in [0.5, 0.6) is 5.75 Å². The summed E-state index contributed by atoms with van der Waals surface area (Å²) in [5.74, 6) is -0.827. The fourth-order valence-electron chi connectivity index (χ4n) is 3.23. The third kappa shape index (κ3) is 4.42. The summed E-state index contributed by atoms with van der Waals surface area (Å²) >= 11 is 0. The van der Waals surface area contributed by atoms with Crippen LogP contribution in [0, 0.1) is 12.8 Å². The second-order valence-electron chi connectivity index (χ2n) is 6.73. The number of aryl methyl sites for hydroxylation is 1. The van der Waals surface area contributed by atoms with E-state index in [0.717, 1.165) is 5.56 Å². The van der Waals surface area contributed by atoms with E-state index >= 15 is 0 Å². The van der Waals surface area contributed by atoms with Crippen LogP contribution < -0.4 is 4.74 Å². The summed E-state index contributed by atoms with van der Waals surface area (Å²) in [5.41, 5.74) is 2.77. The summed E-state index contributed by atoms with van der Waals surface area (Å²) in [6.07, 6.45) is 1.34. The Hall–Kier alpha value is -2.82. The minimum Gasteiger partial charge on any atom is -0.489 e. The van der Waals surface area contributed by atoms with Gasteiger partial charge in [-0.15, -0.1) is 0 Å². The van der Waals surface area contributed by atoms with Crippen LogP contribution in [0.4, 0.5) is 0 Å². The maximum Gasteiger partial charge on any atom is 0.308 e. The molecule has 1 aliphatic heterocycles. The second-order valence-corrected chi connectivity index (χ2v) is 6.73. The van der Waals surface area contributed by atoms with Crippen molar-refractivity contribution in [1.29, 1.82) is 0 Å². The first kappa shape index (κ1) is 18.0. The molecule has 0 spiro atoms. The van der Waals surface area contributed by atoms with Crippen LogP contribution in [0.15, 0.2) is 48.5 Å². The highest BCUT2D eigenvalue weighted by molar-refractivity contribution is 5.95. The highest BCUT2D eigenvalue weighted by Gasteiger charge is 2.28. The molecule has 136 valence electrons. The molecule has 0 bridgehead atoms. The van der Waals surface area contributed by atoms with Gasteiger partial charge in [0, 0.05) is 18.7 Å². The topological polar surface area (TPSA) is 66.8 Å². The number of carboxylic acids is 1. The van der Waals surface area contributed by atoms with Crippen molar-refractivity contribution in [3.05, 3.63) is 65.2 Å². The van der Waals surface area contributed by atoms with Crippen LogP contribution >= 0.6 is 0 Å². The summed E-state index contributed by atoms with van der Waals surface area (Å²) in [7, 11) is 0. The van der Waals surface area contributed by atoms with Gasteiger partial charge >= 0.3 is 5.97 Å². The number of piperidine rings is 1. The number of carbonyl (C=O) groups excluding carboxylic acids is 1. The number of nitrogens with zero attached hydrogens (tertiary/aromatic N) is 1. The molecule has 5 nitrogen and oxygen atoms in total. The number of rotatable bonds is 5. The van der Waals surface area contributed by atoms with Crippen LogP contribution in [0.25, 0.3) is 0 Å². The smallest absolute Gasteiger partial charge is 0.308 e. The van der Waals surface area contributed by atoms with E-state index in [1.54, 1.807) is 23.1 Å². The summed E-state index contributed by atoms with van der Waals surface area (Å²) < 4.78 is 5.82. The van der Waals surface area contributed by atoms with E-state index in [1.165, 1.54) is 5.56 Å². The van der Waals surface area contributed by atoms with Gasteiger partial charge in [0.2, 0.25) is 0 Å². The number of ether oxygens (including phenoxy) is 1. The SMILES string of the molecule is Cc1cccc(COc2cccc(C(=O)N3CCC[C@H](C(=O)O)C3)c2)c1. The standard InChI is InChI=1S/C21H23NO4/c1-15-5-2-6-16(11-15)14-26-19-9-3-7-17(12-19)20(23)22-10-4-8-18(13-22)21(24)25/h2-3,5-7,9,11-12,18H,4,8,10,13-14H2,1H3,(H,24,25)/t18-/m0/s1. The Kier molecular flexibility index (Phi) is 5.56. The average molecular weight is 353 g/mol. The predicted octanol–water partition coefficient (Wildman–Crippen LogP) is 3.51. The molecule has 2 aromatic carbocycles. The van der Waals surface area contributed by atoms with Gasteiger partial charge < -0.3 is 14.7 Å². The maximum atomic E-state index is 12.7. The van der Waals surface area contributed by atoms with Gasteiger partial charge in [-0.25, -0.2) is 0 Å². The fraction of sp³-hybridized carbons (Fsp3) is 0.333. The molecule has 0 saturated carbocycles. The van der Waals surface area contributed by atoms with E-state index < -0.39 is 11.9 Å². The first-order chi connectivity index (χ1) is 12.5.